The molecule has 106 valence electrons. The summed E-state index contributed by atoms with van der Waals surface area (Å²) >= 11 is 1.31. The maximum Gasteiger partial charge on any atom is 0.265 e. The molecule has 19 heavy (non-hydrogen) atoms. The van der Waals surface area contributed by atoms with Crippen LogP contribution in [-0.2, 0) is 4.74 Å². The third kappa shape index (κ3) is 3.16. The lowest BCUT2D eigenvalue weighted by molar-refractivity contribution is -0.00858. The van der Waals surface area contributed by atoms with Gasteiger partial charge in [-0.15, -0.1) is 0 Å². The maximum absolute atomic E-state index is 12.1. The molecule has 1 aromatic rings. The smallest absolute Gasteiger partial charge is 0.265 e. The molecule has 1 heterocycles. The van der Waals surface area contributed by atoms with Crippen molar-refractivity contribution < 1.29 is 9.53 Å². The van der Waals surface area contributed by atoms with Crippen molar-refractivity contribution in [2.45, 2.75) is 31.9 Å². The Balaban J connectivity index is 1.90. The summed E-state index contributed by atoms with van der Waals surface area (Å²) in [5.74, 6) is 0.162. The fourth-order valence-electron chi connectivity index (χ4n) is 1.98. The van der Waals surface area contributed by atoms with Crippen molar-refractivity contribution in [3.05, 3.63) is 4.88 Å². The molecule has 1 fully saturated rings. The van der Waals surface area contributed by atoms with Crippen LogP contribution >= 0.6 is 11.3 Å². The van der Waals surface area contributed by atoms with Gasteiger partial charge in [-0.2, -0.15) is 0 Å². The second-order valence-electron chi connectivity index (χ2n) is 4.82. The number of nitrogens with zero attached hydrogens (tertiary/aromatic N) is 2. The molecule has 2 rings (SSSR count). The highest BCUT2D eigenvalue weighted by Gasteiger charge is 2.31. The molecule has 0 aromatic carbocycles. The first-order valence-corrected chi connectivity index (χ1v) is 7.19. The van der Waals surface area contributed by atoms with E-state index in [1.807, 2.05) is 25.9 Å². The van der Waals surface area contributed by atoms with Crippen molar-refractivity contribution in [3.63, 3.8) is 0 Å². The van der Waals surface area contributed by atoms with E-state index in [0.29, 0.717) is 10.7 Å². The number of aromatic nitrogens is 1. The number of rotatable bonds is 5. The van der Waals surface area contributed by atoms with Gasteiger partial charge in [0.25, 0.3) is 5.91 Å². The second kappa shape index (κ2) is 5.75. The summed E-state index contributed by atoms with van der Waals surface area (Å²) in [7, 11) is 3.75. The van der Waals surface area contributed by atoms with Crippen LogP contribution in [-0.4, -0.2) is 43.7 Å². The van der Waals surface area contributed by atoms with Crippen molar-refractivity contribution in [1.82, 2.24) is 10.3 Å². The van der Waals surface area contributed by atoms with Crippen molar-refractivity contribution in [3.8, 4) is 0 Å². The molecule has 0 saturated heterocycles. The predicted molar refractivity (Wildman–Crippen MR) is 76.8 cm³/mol. The summed E-state index contributed by atoms with van der Waals surface area (Å²) in [6.07, 6.45) is 2.03. The van der Waals surface area contributed by atoms with Gasteiger partial charge in [0, 0.05) is 26.7 Å². The van der Waals surface area contributed by atoms with Gasteiger partial charge in [0.1, 0.15) is 10.7 Å². The Morgan fingerprint density at radius 3 is 2.79 bits per heavy atom. The Hall–Kier alpha value is -1.34. The standard InChI is InChI=1S/C12H20N4O2S/c1-4-18-8-5-7(6-8)14-11(17)9-10(13)15-12(19-9)16(2)3/h7-8H,4-6,13H2,1-3H3,(H,14,17). The molecule has 6 nitrogen and oxygen atoms in total. The maximum atomic E-state index is 12.1. The highest BCUT2D eigenvalue weighted by Crippen LogP contribution is 2.28. The van der Waals surface area contributed by atoms with E-state index < -0.39 is 0 Å². The number of nitrogens with one attached hydrogen (secondary N) is 1. The van der Waals surface area contributed by atoms with Gasteiger partial charge in [-0.25, -0.2) is 4.98 Å². The number of amides is 1. The SMILES string of the molecule is CCOC1CC(NC(=O)c2sc(N(C)C)nc2N)C1. The summed E-state index contributed by atoms with van der Waals surface area (Å²) < 4.78 is 5.46. The number of carbonyl (C=O) groups is 1. The van der Waals surface area contributed by atoms with E-state index in [4.69, 9.17) is 10.5 Å². The zero-order chi connectivity index (χ0) is 14.0. The largest absolute Gasteiger partial charge is 0.382 e. The highest BCUT2D eigenvalue weighted by molar-refractivity contribution is 7.18. The summed E-state index contributed by atoms with van der Waals surface area (Å²) in [5.41, 5.74) is 5.78. The van der Waals surface area contributed by atoms with Crippen molar-refractivity contribution >= 4 is 28.2 Å². The zero-order valence-corrected chi connectivity index (χ0v) is 12.3. The third-order valence-electron chi connectivity index (χ3n) is 3.06. The van der Waals surface area contributed by atoms with Gasteiger partial charge in [0.2, 0.25) is 0 Å². The number of nitrogen functional groups attached to an aromatic ring is 1. The zero-order valence-electron chi connectivity index (χ0n) is 11.5. The lowest BCUT2D eigenvalue weighted by Gasteiger charge is -2.35. The van der Waals surface area contributed by atoms with Crippen LogP contribution in [0, 0.1) is 0 Å². The molecular weight excluding hydrogens is 264 g/mol. The van der Waals surface area contributed by atoms with Gasteiger partial charge in [-0.3, -0.25) is 4.79 Å². The van der Waals surface area contributed by atoms with Crippen molar-refractivity contribution in [2.24, 2.45) is 0 Å². The molecule has 1 aromatic heterocycles. The number of hydrogen-bond acceptors (Lipinski definition) is 6. The van der Waals surface area contributed by atoms with Gasteiger partial charge in [-0.1, -0.05) is 11.3 Å². The minimum atomic E-state index is -0.136. The first-order chi connectivity index (χ1) is 9.01. The lowest BCUT2D eigenvalue weighted by atomic mass is 9.89. The normalized spacial score (nSPS) is 21.8. The van der Waals surface area contributed by atoms with Crippen molar-refractivity contribution in [2.75, 3.05) is 31.3 Å². The minimum absolute atomic E-state index is 0.136. The van der Waals surface area contributed by atoms with E-state index in [2.05, 4.69) is 10.3 Å². The molecule has 7 heteroatoms. The van der Waals surface area contributed by atoms with Gasteiger partial charge in [-0.05, 0) is 19.8 Å². The topological polar surface area (TPSA) is 80.5 Å². The number of nitrogens with two attached hydrogens (primary N) is 1. The van der Waals surface area contributed by atoms with E-state index in [1.165, 1.54) is 11.3 Å². The molecule has 1 amide bonds. The average molecular weight is 284 g/mol. The average Bonchev–Trinajstić information content (AvgIpc) is 2.68. The molecule has 0 aliphatic heterocycles. The van der Waals surface area contributed by atoms with E-state index >= 15 is 0 Å². The van der Waals surface area contributed by atoms with Crippen LogP contribution in [0.2, 0.25) is 0 Å². The molecule has 0 spiro atoms. The highest BCUT2D eigenvalue weighted by atomic mass is 32.1. The Bertz CT molecular complexity index is 455. The fraction of sp³-hybridized carbons (Fsp3) is 0.667. The molecule has 0 unspecified atom stereocenters. The van der Waals surface area contributed by atoms with Gasteiger partial charge in [0.05, 0.1) is 6.10 Å². The lowest BCUT2D eigenvalue weighted by Crippen LogP contribution is -2.47. The van der Waals surface area contributed by atoms with E-state index in [-0.39, 0.29) is 18.1 Å². The number of carbonyl (C=O) groups excluding carboxylic acids is 1. The van der Waals surface area contributed by atoms with Crippen LogP contribution in [0.1, 0.15) is 29.4 Å². The summed E-state index contributed by atoms with van der Waals surface area (Å²) in [4.78, 5) is 18.6. The van der Waals surface area contributed by atoms with Gasteiger partial charge in [0.15, 0.2) is 5.13 Å². The molecule has 1 aliphatic carbocycles. The van der Waals surface area contributed by atoms with Crippen LogP contribution in [0.5, 0.6) is 0 Å². The van der Waals surface area contributed by atoms with Crippen LogP contribution < -0.4 is 16.0 Å². The Labute approximate surface area is 116 Å². The van der Waals surface area contributed by atoms with Crippen molar-refractivity contribution in [1.29, 1.82) is 0 Å². The van der Waals surface area contributed by atoms with Crippen LogP contribution in [0.15, 0.2) is 0 Å². The number of thiazole rings is 1. The van der Waals surface area contributed by atoms with Crippen LogP contribution in [0.25, 0.3) is 0 Å². The first-order valence-electron chi connectivity index (χ1n) is 6.37. The minimum Gasteiger partial charge on any atom is -0.382 e. The van der Waals surface area contributed by atoms with Gasteiger partial charge < -0.3 is 20.7 Å². The molecular formula is C12H20N4O2S. The molecule has 0 bridgehead atoms. The Morgan fingerprint density at radius 2 is 2.26 bits per heavy atom. The predicted octanol–water partition coefficient (Wildman–Crippen LogP) is 1.09. The fourth-order valence-corrected chi connectivity index (χ4v) is 2.79. The van der Waals surface area contributed by atoms with E-state index in [0.717, 1.165) is 24.6 Å². The van der Waals surface area contributed by atoms with Gasteiger partial charge >= 0.3 is 0 Å². The second-order valence-corrected chi connectivity index (χ2v) is 5.80. The van der Waals surface area contributed by atoms with E-state index in [9.17, 15) is 4.79 Å². The summed E-state index contributed by atoms with van der Waals surface area (Å²) in [6.45, 7) is 2.70. The quantitative estimate of drug-likeness (QED) is 0.846. The molecule has 0 radical (unpaired) electrons. The summed E-state index contributed by atoms with van der Waals surface area (Å²) in [5, 5.41) is 3.71. The Morgan fingerprint density at radius 1 is 1.58 bits per heavy atom. The molecule has 1 aliphatic rings. The Kier molecular flexibility index (Phi) is 4.26. The molecule has 3 N–H and O–H groups in total. The summed E-state index contributed by atoms with van der Waals surface area (Å²) in [6, 6.07) is 0.188. The van der Waals surface area contributed by atoms with Crippen LogP contribution in [0.4, 0.5) is 10.9 Å². The first kappa shape index (κ1) is 14.1. The van der Waals surface area contributed by atoms with E-state index in [1.54, 1.807) is 0 Å². The monoisotopic (exact) mass is 284 g/mol. The number of ether oxygens (including phenoxy) is 1. The molecule has 0 atom stereocenters. The number of hydrogen-bond donors (Lipinski definition) is 2. The third-order valence-corrected chi connectivity index (χ3v) is 4.30. The molecule has 1 saturated carbocycles. The number of anilines is 2. The van der Waals surface area contributed by atoms with Crippen LogP contribution in [0.3, 0.4) is 0 Å².